The number of carbonyl (C=O) groups excluding carboxylic acids is 1. The SMILES string of the molecule is CC(C)(C)Cc1cnc(C(N)=O)cn1. The van der Waals surface area contributed by atoms with Crippen LogP contribution < -0.4 is 5.73 Å². The minimum absolute atomic E-state index is 0.170. The molecule has 76 valence electrons. The van der Waals surface area contributed by atoms with Crippen LogP contribution in [0.2, 0.25) is 0 Å². The molecule has 0 aromatic carbocycles. The molecular formula is C10H15N3O. The fraction of sp³-hybridized carbons (Fsp3) is 0.500. The van der Waals surface area contributed by atoms with Crippen molar-refractivity contribution in [2.45, 2.75) is 27.2 Å². The lowest BCUT2D eigenvalue weighted by atomic mass is 9.91. The van der Waals surface area contributed by atoms with E-state index in [2.05, 4.69) is 30.7 Å². The third-order valence-electron chi connectivity index (χ3n) is 1.67. The zero-order valence-corrected chi connectivity index (χ0v) is 8.74. The zero-order chi connectivity index (χ0) is 10.8. The number of nitrogens with zero attached hydrogens (tertiary/aromatic N) is 2. The summed E-state index contributed by atoms with van der Waals surface area (Å²) in [6.45, 7) is 6.37. The van der Waals surface area contributed by atoms with E-state index in [-0.39, 0.29) is 11.1 Å². The molecule has 14 heavy (non-hydrogen) atoms. The van der Waals surface area contributed by atoms with Crippen molar-refractivity contribution in [2.24, 2.45) is 11.1 Å². The highest BCUT2D eigenvalue weighted by Gasteiger charge is 2.12. The molecule has 1 aromatic rings. The molecular weight excluding hydrogens is 178 g/mol. The van der Waals surface area contributed by atoms with Crippen molar-refractivity contribution in [3.8, 4) is 0 Å². The first-order valence-electron chi connectivity index (χ1n) is 4.49. The van der Waals surface area contributed by atoms with Crippen LogP contribution in [-0.2, 0) is 6.42 Å². The van der Waals surface area contributed by atoms with Crippen LogP contribution in [0.5, 0.6) is 0 Å². The van der Waals surface area contributed by atoms with Crippen LogP contribution in [0.3, 0.4) is 0 Å². The Morgan fingerprint density at radius 3 is 2.36 bits per heavy atom. The predicted octanol–water partition coefficient (Wildman–Crippen LogP) is 1.16. The monoisotopic (exact) mass is 193 g/mol. The lowest BCUT2D eigenvalue weighted by molar-refractivity contribution is 0.0995. The van der Waals surface area contributed by atoms with Gasteiger partial charge in [0.25, 0.3) is 5.91 Å². The Bertz CT molecular complexity index is 324. The number of amides is 1. The maximum Gasteiger partial charge on any atom is 0.268 e. The second-order valence-corrected chi connectivity index (χ2v) is 4.49. The van der Waals surface area contributed by atoms with Crippen molar-refractivity contribution in [3.05, 3.63) is 23.8 Å². The van der Waals surface area contributed by atoms with Crippen molar-refractivity contribution in [1.82, 2.24) is 9.97 Å². The van der Waals surface area contributed by atoms with E-state index < -0.39 is 5.91 Å². The molecule has 1 heterocycles. The molecule has 4 nitrogen and oxygen atoms in total. The van der Waals surface area contributed by atoms with Crippen LogP contribution in [0.15, 0.2) is 12.4 Å². The average molecular weight is 193 g/mol. The molecule has 0 unspecified atom stereocenters. The lowest BCUT2D eigenvalue weighted by Crippen LogP contribution is -2.15. The molecule has 0 saturated heterocycles. The molecule has 0 bridgehead atoms. The highest BCUT2D eigenvalue weighted by atomic mass is 16.1. The number of hydrogen-bond donors (Lipinski definition) is 1. The third kappa shape index (κ3) is 3.12. The van der Waals surface area contributed by atoms with Crippen molar-refractivity contribution in [2.75, 3.05) is 0 Å². The summed E-state index contributed by atoms with van der Waals surface area (Å²) >= 11 is 0. The summed E-state index contributed by atoms with van der Waals surface area (Å²) in [5.41, 5.74) is 6.31. The maximum absolute atomic E-state index is 10.7. The van der Waals surface area contributed by atoms with E-state index >= 15 is 0 Å². The van der Waals surface area contributed by atoms with Gasteiger partial charge >= 0.3 is 0 Å². The first kappa shape index (κ1) is 10.6. The Labute approximate surface area is 83.6 Å². The fourth-order valence-electron chi connectivity index (χ4n) is 1.12. The molecule has 0 atom stereocenters. The Hall–Kier alpha value is -1.45. The summed E-state index contributed by atoms with van der Waals surface area (Å²) in [6, 6.07) is 0. The van der Waals surface area contributed by atoms with Gasteiger partial charge in [-0.1, -0.05) is 20.8 Å². The summed E-state index contributed by atoms with van der Waals surface area (Å²) < 4.78 is 0. The zero-order valence-electron chi connectivity index (χ0n) is 8.74. The van der Waals surface area contributed by atoms with Crippen molar-refractivity contribution < 1.29 is 4.79 Å². The normalized spacial score (nSPS) is 11.4. The number of carbonyl (C=O) groups is 1. The minimum Gasteiger partial charge on any atom is -0.364 e. The first-order chi connectivity index (χ1) is 6.38. The minimum atomic E-state index is -0.542. The molecule has 1 amide bonds. The number of nitrogens with two attached hydrogens (primary N) is 1. The van der Waals surface area contributed by atoms with Gasteiger partial charge in [-0.2, -0.15) is 0 Å². The van der Waals surface area contributed by atoms with Gasteiger partial charge in [-0.15, -0.1) is 0 Å². The van der Waals surface area contributed by atoms with Crippen LogP contribution in [0.25, 0.3) is 0 Å². The summed E-state index contributed by atoms with van der Waals surface area (Å²) in [5, 5.41) is 0. The van der Waals surface area contributed by atoms with Crippen LogP contribution >= 0.6 is 0 Å². The van der Waals surface area contributed by atoms with E-state index in [1.165, 1.54) is 6.20 Å². The summed E-state index contributed by atoms with van der Waals surface area (Å²) in [5.74, 6) is -0.542. The number of primary amides is 1. The Balaban J connectivity index is 2.79. The molecule has 1 aromatic heterocycles. The van der Waals surface area contributed by atoms with Gasteiger partial charge in [-0.05, 0) is 11.8 Å². The highest BCUT2D eigenvalue weighted by molar-refractivity contribution is 5.90. The lowest BCUT2D eigenvalue weighted by Gasteiger charge is -2.16. The molecule has 0 aliphatic heterocycles. The molecule has 0 aliphatic carbocycles. The van der Waals surface area contributed by atoms with Gasteiger partial charge < -0.3 is 5.73 Å². The van der Waals surface area contributed by atoms with E-state index in [1.807, 2.05) is 0 Å². The summed E-state index contributed by atoms with van der Waals surface area (Å²) in [4.78, 5) is 18.8. The van der Waals surface area contributed by atoms with E-state index in [1.54, 1.807) is 6.20 Å². The first-order valence-corrected chi connectivity index (χ1v) is 4.49. The topological polar surface area (TPSA) is 68.9 Å². The number of hydrogen-bond acceptors (Lipinski definition) is 3. The van der Waals surface area contributed by atoms with Gasteiger partial charge in [0.1, 0.15) is 5.69 Å². The Kier molecular flexibility index (Phi) is 2.84. The van der Waals surface area contributed by atoms with Crippen LogP contribution in [0.4, 0.5) is 0 Å². The van der Waals surface area contributed by atoms with Crippen LogP contribution in [-0.4, -0.2) is 15.9 Å². The van der Waals surface area contributed by atoms with Crippen molar-refractivity contribution in [3.63, 3.8) is 0 Å². The second kappa shape index (κ2) is 3.74. The molecule has 2 N–H and O–H groups in total. The molecule has 0 fully saturated rings. The molecule has 0 aliphatic rings. The average Bonchev–Trinajstić information content (AvgIpc) is 2.02. The van der Waals surface area contributed by atoms with Gasteiger partial charge in [0.05, 0.1) is 11.9 Å². The Morgan fingerprint density at radius 1 is 1.36 bits per heavy atom. The largest absolute Gasteiger partial charge is 0.364 e. The predicted molar refractivity (Wildman–Crippen MR) is 53.7 cm³/mol. The molecule has 0 radical (unpaired) electrons. The van der Waals surface area contributed by atoms with Crippen molar-refractivity contribution in [1.29, 1.82) is 0 Å². The third-order valence-corrected chi connectivity index (χ3v) is 1.67. The standard InChI is InChI=1S/C10H15N3O/c1-10(2,3)4-7-5-13-8(6-12-7)9(11)14/h5-6H,4H2,1-3H3,(H2,11,14). The van der Waals surface area contributed by atoms with Gasteiger partial charge in [0.2, 0.25) is 0 Å². The van der Waals surface area contributed by atoms with Gasteiger partial charge in [-0.3, -0.25) is 9.78 Å². The molecule has 0 spiro atoms. The number of aromatic nitrogens is 2. The highest BCUT2D eigenvalue weighted by Crippen LogP contribution is 2.18. The number of rotatable bonds is 2. The summed E-state index contributed by atoms with van der Waals surface area (Å²) in [6.07, 6.45) is 3.85. The molecule has 0 saturated carbocycles. The van der Waals surface area contributed by atoms with E-state index in [0.717, 1.165) is 12.1 Å². The van der Waals surface area contributed by atoms with Gasteiger partial charge in [-0.25, -0.2) is 4.98 Å². The van der Waals surface area contributed by atoms with Gasteiger partial charge in [0.15, 0.2) is 0 Å². The van der Waals surface area contributed by atoms with Crippen molar-refractivity contribution >= 4 is 5.91 Å². The fourth-order valence-corrected chi connectivity index (χ4v) is 1.12. The van der Waals surface area contributed by atoms with Crippen LogP contribution in [0, 0.1) is 5.41 Å². The maximum atomic E-state index is 10.7. The van der Waals surface area contributed by atoms with E-state index in [0.29, 0.717) is 0 Å². The molecule has 4 heteroatoms. The quantitative estimate of drug-likeness (QED) is 0.766. The van der Waals surface area contributed by atoms with E-state index in [9.17, 15) is 4.79 Å². The summed E-state index contributed by atoms with van der Waals surface area (Å²) in [7, 11) is 0. The van der Waals surface area contributed by atoms with Gasteiger partial charge in [0, 0.05) is 6.20 Å². The smallest absolute Gasteiger partial charge is 0.268 e. The second-order valence-electron chi connectivity index (χ2n) is 4.49. The van der Waals surface area contributed by atoms with E-state index in [4.69, 9.17) is 5.73 Å². The molecule has 1 rings (SSSR count). The van der Waals surface area contributed by atoms with Crippen LogP contribution in [0.1, 0.15) is 37.0 Å². The Morgan fingerprint density at radius 2 is 2.00 bits per heavy atom.